The maximum absolute atomic E-state index is 9.71. The summed E-state index contributed by atoms with van der Waals surface area (Å²) < 4.78 is 0. The molecule has 0 fully saturated rings. The van der Waals surface area contributed by atoms with Crippen LogP contribution in [0.2, 0.25) is 0 Å². The van der Waals surface area contributed by atoms with E-state index in [1.54, 1.807) is 0 Å². The fraction of sp³-hybridized carbons (Fsp3) is 0.0294. The quantitative estimate of drug-likeness (QED) is 0.0559. The van der Waals surface area contributed by atoms with Crippen LogP contribution in [0.15, 0.2) is 485 Å². The van der Waals surface area contributed by atoms with Crippen LogP contribution in [0, 0.1) is 63.5 Å². The summed E-state index contributed by atoms with van der Waals surface area (Å²) in [6.45, 7) is 23.9. The fourth-order valence-electron chi connectivity index (χ4n) is 21.1. The van der Waals surface area contributed by atoms with Gasteiger partial charge in [-0.05, 0) is 352 Å². The van der Waals surface area contributed by atoms with Crippen molar-refractivity contribution in [3.63, 3.8) is 0 Å². The van der Waals surface area contributed by atoms with Crippen molar-refractivity contribution >= 4 is 144 Å². The Labute approximate surface area is 838 Å². The third-order valence-corrected chi connectivity index (χ3v) is 27.6. The molecule has 0 N–H and O–H groups in total. The molecule has 0 unspecified atom stereocenters. The van der Waals surface area contributed by atoms with Gasteiger partial charge in [-0.15, -0.1) is 0 Å². The van der Waals surface area contributed by atoms with Crippen molar-refractivity contribution in [1.29, 1.82) is 10.5 Å². The van der Waals surface area contributed by atoms with Crippen molar-refractivity contribution < 1.29 is 0 Å². The van der Waals surface area contributed by atoms with E-state index in [9.17, 15) is 10.5 Å². The summed E-state index contributed by atoms with van der Waals surface area (Å²) >= 11 is 0. The molecule has 0 aromatic heterocycles. The summed E-state index contributed by atoms with van der Waals surface area (Å²) in [5, 5.41) is 33.4. The first-order valence-corrected chi connectivity index (χ1v) is 48.5. The fourth-order valence-corrected chi connectivity index (χ4v) is 21.1. The SMILES string of the molecule is [C-]#[N+]c1ccc(-c2cc(-c3ccccc3)cc(N(c3cc(C)cc(C)c3)c3ccc4ccc5c(N(c6cc(C)cc(C)c6)c6cc(-c7ccccc7)cc(-c7ccc(C#N)cc7)c6)ccc6ccc3c4c65)c2)cc1.[C-]#[N+]c1ccc(-c2cc(-c3ccccc3)cc(N(c3ccccc3)c3ccc4ccc5c(N(c6ccccc6)c6cc(-c7ccccc7)cc(-c7ccc(C#N)cc7)c6)ccc6ccc3c4c65)c2)cc1. The Morgan fingerprint density at radius 1 is 0.181 bits per heavy atom. The first-order valence-electron chi connectivity index (χ1n) is 48.5. The average Bonchev–Trinajstić information content (AvgIpc) is 0.731. The van der Waals surface area contributed by atoms with Crippen molar-refractivity contribution in [2.45, 2.75) is 27.7 Å². The maximum atomic E-state index is 9.71. The standard InChI is InChI=1S/C70H50N4.C66H42N4/c1-45-32-46(2)35-61(34-45)73(63-40-56(50-12-8-6-9-13-50)38-58(42-63)52-18-16-49(44-71)17-19-52)67-30-24-54-23-29-66-68(31-25-55-22-28-65(67)69(54)70(55)66)74(62-36-47(3)33-48(4)37-62)64-41-57(51-14-10-7-11-15-51)39-59(43-64)53-20-26-60(72-5)27-21-53;1-68-56-32-26-49(27-33-56)55-39-53(47-16-8-3-9-17-47)41-60(43-55)70(58-20-12-5-13-21-58)64-37-31-51-28-34-61-63(36-30-50-29-35-62(64)66(51)65(50)61)69(57-18-10-4-11-19-57)59-40-52(46-14-6-2-7-15-46)38-54(42-59)48-24-22-45(44-67)23-25-48/h6-43H,1-4H3;2-43H. The number of para-hydroxylation sites is 2. The van der Waals surface area contributed by atoms with Crippen LogP contribution in [0.5, 0.6) is 0 Å². The van der Waals surface area contributed by atoms with Gasteiger partial charge in [-0.25, -0.2) is 9.69 Å². The summed E-state index contributed by atoms with van der Waals surface area (Å²) in [6.07, 6.45) is 0. The molecule has 0 saturated heterocycles. The topological polar surface area (TPSA) is 69.3 Å². The van der Waals surface area contributed by atoms with Crippen LogP contribution in [0.25, 0.3) is 163 Å². The van der Waals surface area contributed by atoms with Crippen LogP contribution < -0.4 is 19.6 Å². The number of hydrogen-bond donors (Lipinski definition) is 0. The summed E-state index contributed by atoms with van der Waals surface area (Å²) in [7, 11) is 0. The molecule has 8 heteroatoms. The molecule has 24 aromatic carbocycles. The Bertz CT molecular complexity index is 8610. The number of nitriles is 2. The van der Waals surface area contributed by atoms with Gasteiger partial charge < -0.3 is 19.6 Å². The summed E-state index contributed by atoms with van der Waals surface area (Å²) in [5.41, 5.74) is 37.2. The zero-order chi connectivity index (χ0) is 97.4. The second-order valence-corrected chi connectivity index (χ2v) is 37.1. The molecule has 0 heterocycles. The van der Waals surface area contributed by atoms with E-state index in [4.69, 9.17) is 13.1 Å². The lowest BCUT2D eigenvalue weighted by atomic mass is 9.91. The Kier molecular flexibility index (Phi) is 23.4. The smallest absolute Gasteiger partial charge is 0.187 e. The van der Waals surface area contributed by atoms with E-state index < -0.39 is 0 Å². The highest BCUT2D eigenvalue weighted by Crippen LogP contribution is 2.54. The Balaban J connectivity index is 0.000000160. The van der Waals surface area contributed by atoms with E-state index in [0.29, 0.717) is 22.5 Å². The van der Waals surface area contributed by atoms with E-state index in [2.05, 4.69) is 482 Å². The second kappa shape index (κ2) is 38.1. The van der Waals surface area contributed by atoms with Gasteiger partial charge in [0.2, 0.25) is 0 Å². The van der Waals surface area contributed by atoms with E-state index in [1.807, 2.05) is 72.8 Å². The molecule has 0 radical (unpaired) electrons. The molecule has 0 atom stereocenters. The minimum Gasteiger partial charge on any atom is -0.310 e. The van der Waals surface area contributed by atoms with Crippen LogP contribution in [-0.2, 0) is 0 Å². The predicted molar refractivity (Wildman–Crippen MR) is 603 cm³/mol. The van der Waals surface area contributed by atoms with Crippen LogP contribution in [-0.4, -0.2) is 0 Å². The van der Waals surface area contributed by atoms with Gasteiger partial charge in [0.1, 0.15) is 0 Å². The highest BCUT2D eigenvalue weighted by atomic mass is 15.2. The molecule has 0 aliphatic carbocycles. The number of anilines is 12. The van der Waals surface area contributed by atoms with Crippen LogP contribution in [0.3, 0.4) is 0 Å². The molecule has 24 aromatic rings. The lowest BCUT2D eigenvalue weighted by Crippen LogP contribution is -2.12. The average molecular weight is 1840 g/mol. The minimum absolute atomic E-state index is 0.617. The van der Waals surface area contributed by atoms with Gasteiger partial charge in [-0.3, -0.25) is 0 Å². The first kappa shape index (κ1) is 88.5. The van der Waals surface area contributed by atoms with Crippen molar-refractivity contribution in [2.75, 3.05) is 19.6 Å². The predicted octanol–water partition coefficient (Wildman–Crippen LogP) is 38.5. The molecule has 676 valence electrons. The normalized spacial score (nSPS) is 11.2. The van der Waals surface area contributed by atoms with E-state index in [-0.39, 0.29) is 0 Å². The van der Waals surface area contributed by atoms with Gasteiger partial charge in [-0.2, -0.15) is 10.5 Å². The Morgan fingerprint density at radius 3 is 0.597 bits per heavy atom. The number of rotatable bonds is 20. The zero-order valence-electron chi connectivity index (χ0n) is 79.8. The van der Waals surface area contributed by atoms with Gasteiger partial charge in [0.15, 0.2) is 11.4 Å². The van der Waals surface area contributed by atoms with E-state index >= 15 is 0 Å². The van der Waals surface area contributed by atoms with Crippen LogP contribution >= 0.6 is 0 Å². The lowest BCUT2D eigenvalue weighted by molar-refractivity contribution is 1.26. The molecule has 0 aliphatic heterocycles. The van der Waals surface area contributed by atoms with E-state index in [0.717, 1.165) is 179 Å². The Hall–Kier alpha value is -19.5. The number of benzene rings is 24. The largest absolute Gasteiger partial charge is 0.310 e. The molecule has 8 nitrogen and oxygen atoms in total. The lowest BCUT2D eigenvalue weighted by Gasteiger charge is -2.31. The van der Waals surface area contributed by atoms with Gasteiger partial charge in [0, 0.05) is 67.0 Å². The molecule has 0 amide bonds. The number of nitrogens with zero attached hydrogens (tertiary/aromatic N) is 8. The van der Waals surface area contributed by atoms with Crippen molar-refractivity contribution in [1.82, 2.24) is 0 Å². The van der Waals surface area contributed by atoms with Crippen molar-refractivity contribution in [3.05, 3.63) is 542 Å². The van der Waals surface area contributed by atoms with E-state index in [1.165, 1.54) is 65.3 Å². The summed E-state index contributed by atoms with van der Waals surface area (Å²) in [6, 6.07) is 177. The maximum Gasteiger partial charge on any atom is 0.187 e. The molecule has 0 aliphatic rings. The third kappa shape index (κ3) is 17.2. The third-order valence-electron chi connectivity index (χ3n) is 27.6. The Morgan fingerprint density at radius 2 is 0.375 bits per heavy atom. The first-order chi connectivity index (χ1) is 70.8. The molecule has 0 bridgehead atoms. The second-order valence-electron chi connectivity index (χ2n) is 37.1. The monoisotopic (exact) mass is 1840 g/mol. The molecule has 144 heavy (non-hydrogen) atoms. The number of aryl methyl sites for hydroxylation is 4. The summed E-state index contributed by atoms with van der Waals surface area (Å²) in [4.78, 5) is 17.0. The van der Waals surface area contributed by atoms with Gasteiger partial charge in [0.25, 0.3) is 0 Å². The minimum atomic E-state index is 0.617. The summed E-state index contributed by atoms with van der Waals surface area (Å²) in [5.74, 6) is 0. The van der Waals surface area contributed by atoms with Gasteiger partial charge >= 0.3 is 0 Å². The number of hydrogen-bond acceptors (Lipinski definition) is 6. The highest BCUT2D eigenvalue weighted by Gasteiger charge is 2.29. The zero-order valence-corrected chi connectivity index (χ0v) is 79.8. The molecule has 0 spiro atoms. The van der Waals surface area contributed by atoms with Crippen LogP contribution in [0.1, 0.15) is 33.4 Å². The molecule has 24 rings (SSSR count). The van der Waals surface area contributed by atoms with Crippen molar-refractivity contribution in [2.24, 2.45) is 0 Å². The molecule has 0 saturated carbocycles. The molecular formula is C136H92N8. The molecular weight excluding hydrogens is 1750 g/mol. The van der Waals surface area contributed by atoms with Gasteiger partial charge in [-0.1, -0.05) is 315 Å². The van der Waals surface area contributed by atoms with Gasteiger partial charge in [0.05, 0.1) is 59.2 Å². The van der Waals surface area contributed by atoms with Crippen LogP contribution in [0.4, 0.5) is 79.6 Å². The highest BCUT2D eigenvalue weighted by molar-refractivity contribution is 6.30. The van der Waals surface area contributed by atoms with Crippen molar-refractivity contribution in [3.8, 4) is 101 Å².